The molecular formula is C17H24F5NO5. The van der Waals surface area contributed by atoms with E-state index in [0.717, 1.165) is 0 Å². The molecule has 0 aliphatic carbocycles. The van der Waals surface area contributed by atoms with Crippen molar-refractivity contribution in [1.82, 2.24) is 4.90 Å². The van der Waals surface area contributed by atoms with E-state index in [1.807, 2.05) is 0 Å². The summed E-state index contributed by atoms with van der Waals surface area (Å²) in [5.74, 6) is -9.92. The fourth-order valence-corrected chi connectivity index (χ4v) is 3.08. The number of alkyl halides is 5. The van der Waals surface area contributed by atoms with Crippen LogP contribution >= 0.6 is 0 Å². The lowest BCUT2D eigenvalue weighted by Gasteiger charge is -2.30. The van der Waals surface area contributed by atoms with E-state index in [1.165, 1.54) is 0 Å². The molecule has 0 saturated carbocycles. The Morgan fingerprint density at radius 1 is 1.14 bits per heavy atom. The van der Waals surface area contributed by atoms with Crippen molar-refractivity contribution in [3.8, 4) is 0 Å². The number of carboxylic acids is 1. The average molecular weight is 417 g/mol. The lowest BCUT2D eigenvalue weighted by atomic mass is 9.82. The van der Waals surface area contributed by atoms with Gasteiger partial charge in [-0.05, 0) is 25.7 Å². The molecule has 162 valence electrons. The number of carbonyl (C=O) groups is 3. The highest BCUT2D eigenvalue weighted by Gasteiger charge is 2.46. The number of nitrogens with zero attached hydrogens (tertiary/aromatic N) is 1. The van der Waals surface area contributed by atoms with Crippen LogP contribution in [-0.4, -0.2) is 52.7 Å². The van der Waals surface area contributed by atoms with Gasteiger partial charge in [0.05, 0.1) is 17.9 Å². The Balaban J connectivity index is 3.19. The van der Waals surface area contributed by atoms with E-state index in [-0.39, 0.29) is 12.5 Å². The second kappa shape index (κ2) is 9.04. The Morgan fingerprint density at radius 2 is 1.68 bits per heavy atom. The summed E-state index contributed by atoms with van der Waals surface area (Å²) >= 11 is 0. The van der Waals surface area contributed by atoms with Crippen molar-refractivity contribution < 1.29 is 46.2 Å². The van der Waals surface area contributed by atoms with Gasteiger partial charge in [0, 0.05) is 12.8 Å². The minimum absolute atomic E-state index is 0.168. The minimum atomic E-state index is -4.68. The summed E-state index contributed by atoms with van der Waals surface area (Å²) in [6.07, 6.45) is -9.79. The summed E-state index contributed by atoms with van der Waals surface area (Å²) < 4.78 is 69.2. The van der Waals surface area contributed by atoms with Gasteiger partial charge in [-0.1, -0.05) is 13.8 Å². The molecule has 1 N–H and O–H groups in total. The van der Waals surface area contributed by atoms with Crippen LogP contribution in [0.1, 0.15) is 46.5 Å². The molecule has 0 aromatic carbocycles. The number of aliphatic carboxylic acids is 1. The van der Waals surface area contributed by atoms with E-state index in [0.29, 0.717) is 11.8 Å². The van der Waals surface area contributed by atoms with Gasteiger partial charge in [0.1, 0.15) is 6.61 Å². The number of hydrogen-bond acceptors (Lipinski definition) is 4. The average Bonchev–Trinajstić information content (AvgIpc) is 2.89. The van der Waals surface area contributed by atoms with Crippen molar-refractivity contribution in [3.63, 3.8) is 0 Å². The Labute approximate surface area is 159 Å². The van der Waals surface area contributed by atoms with E-state index in [2.05, 4.69) is 0 Å². The number of carboxylic acid groups (broad SMARTS) is 1. The summed E-state index contributed by atoms with van der Waals surface area (Å²) in [6.45, 7) is 3.69. The molecule has 0 aromatic rings. The zero-order valence-electron chi connectivity index (χ0n) is 15.8. The van der Waals surface area contributed by atoms with Crippen LogP contribution in [0.3, 0.4) is 0 Å². The van der Waals surface area contributed by atoms with Crippen LogP contribution < -0.4 is 0 Å². The van der Waals surface area contributed by atoms with E-state index in [4.69, 9.17) is 4.74 Å². The molecule has 2 amide bonds. The highest BCUT2D eigenvalue weighted by Crippen LogP contribution is 2.34. The zero-order valence-corrected chi connectivity index (χ0v) is 15.8. The topological polar surface area (TPSA) is 83.9 Å². The van der Waals surface area contributed by atoms with Crippen LogP contribution in [0.15, 0.2) is 0 Å². The van der Waals surface area contributed by atoms with Crippen molar-refractivity contribution in [2.45, 2.75) is 64.6 Å². The lowest BCUT2D eigenvalue weighted by molar-refractivity contribution is -0.157. The Kier molecular flexibility index (Phi) is 7.78. The van der Waals surface area contributed by atoms with Crippen molar-refractivity contribution in [1.29, 1.82) is 0 Å². The monoisotopic (exact) mass is 417 g/mol. The molecule has 0 spiro atoms. The fourth-order valence-electron chi connectivity index (χ4n) is 3.08. The number of carbonyl (C=O) groups excluding carboxylic acids is 2. The summed E-state index contributed by atoms with van der Waals surface area (Å²) in [7, 11) is 0. The number of hydrogen-bond donors (Lipinski definition) is 1. The van der Waals surface area contributed by atoms with Gasteiger partial charge in [-0.3, -0.25) is 9.59 Å². The summed E-state index contributed by atoms with van der Waals surface area (Å²) in [5.41, 5.74) is 0. The minimum Gasteiger partial charge on any atom is -0.481 e. The highest BCUT2D eigenvalue weighted by molar-refractivity contribution is 5.96. The first-order chi connectivity index (χ1) is 12.6. The maximum atomic E-state index is 13.2. The second-order valence-electron chi connectivity index (χ2n) is 7.41. The van der Waals surface area contributed by atoms with Gasteiger partial charge in [-0.15, -0.1) is 0 Å². The quantitative estimate of drug-likeness (QED) is 0.572. The van der Waals surface area contributed by atoms with Crippen LogP contribution in [0.5, 0.6) is 0 Å². The van der Waals surface area contributed by atoms with Crippen LogP contribution in [0.4, 0.5) is 26.7 Å². The third kappa shape index (κ3) is 6.90. The molecule has 3 atom stereocenters. The molecule has 6 nitrogen and oxygen atoms in total. The van der Waals surface area contributed by atoms with Crippen molar-refractivity contribution >= 4 is 18.0 Å². The number of rotatable bonds is 9. The second-order valence-corrected chi connectivity index (χ2v) is 7.41. The first-order valence-corrected chi connectivity index (χ1v) is 8.81. The number of amides is 2. The normalized spacial score (nSPS) is 20.2. The third-order valence-corrected chi connectivity index (χ3v) is 4.67. The molecule has 1 aliphatic rings. The zero-order chi connectivity index (χ0) is 21.9. The van der Waals surface area contributed by atoms with Crippen LogP contribution in [0, 0.1) is 17.8 Å². The molecule has 1 heterocycles. The van der Waals surface area contributed by atoms with Crippen molar-refractivity contribution in [2.24, 2.45) is 17.8 Å². The van der Waals surface area contributed by atoms with Gasteiger partial charge < -0.3 is 9.84 Å². The number of halogens is 5. The molecule has 1 aliphatic heterocycles. The van der Waals surface area contributed by atoms with E-state index < -0.39 is 73.6 Å². The molecule has 1 rings (SSSR count). The van der Waals surface area contributed by atoms with Gasteiger partial charge in [0.25, 0.3) is 0 Å². The molecule has 11 heteroatoms. The van der Waals surface area contributed by atoms with Gasteiger partial charge in [0.15, 0.2) is 0 Å². The van der Waals surface area contributed by atoms with Crippen LogP contribution in [-0.2, 0) is 14.3 Å². The Morgan fingerprint density at radius 3 is 2.11 bits per heavy atom. The SMILES string of the molecule is CC(C)[C@H]1COC(=O)N1C(=O)C(CCC(F)(F)F)C(CCC(C)(F)F)C(=O)O. The summed E-state index contributed by atoms with van der Waals surface area (Å²) in [4.78, 5) is 37.0. The highest BCUT2D eigenvalue weighted by atomic mass is 19.4. The van der Waals surface area contributed by atoms with Gasteiger partial charge in [-0.25, -0.2) is 18.5 Å². The predicted octanol–water partition coefficient (Wildman–Crippen LogP) is 4.08. The lowest BCUT2D eigenvalue weighted by Crippen LogP contribution is -2.47. The smallest absolute Gasteiger partial charge is 0.416 e. The van der Waals surface area contributed by atoms with E-state index >= 15 is 0 Å². The number of ether oxygens (including phenoxy) is 1. The van der Waals surface area contributed by atoms with E-state index in [9.17, 15) is 41.4 Å². The molecule has 2 unspecified atom stereocenters. The third-order valence-electron chi connectivity index (χ3n) is 4.67. The van der Waals surface area contributed by atoms with Crippen LogP contribution in [0.2, 0.25) is 0 Å². The van der Waals surface area contributed by atoms with Gasteiger partial charge in [0.2, 0.25) is 11.8 Å². The Hall–Kier alpha value is -1.94. The van der Waals surface area contributed by atoms with Gasteiger partial charge >= 0.3 is 18.2 Å². The van der Waals surface area contributed by atoms with E-state index in [1.54, 1.807) is 13.8 Å². The molecule has 0 radical (unpaired) electrons. The van der Waals surface area contributed by atoms with Crippen LogP contribution in [0.25, 0.3) is 0 Å². The number of cyclic esters (lactones) is 1. The molecule has 1 fully saturated rings. The van der Waals surface area contributed by atoms with Gasteiger partial charge in [-0.2, -0.15) is 13.2 Å². The first kappa shape index (κ1) is 24.1. The molecule has 0 aromatic heterocycles. The maximum Gasteiger partial charge on any atom is 0.416 e. The summed E-state index contributed by atoms with van der Waals surface area (Å²) in [5, 5.41) is 9.39. The molecule has 1 saturated heterocycles. The van der Waals surface area contributed by atoms with Crippen molar-refractivity contribution in [2.75, 3.05) is 6.61 Å². The van der Waals surface area contributed by atoms with Crippen molar-refractivity contribution in [3.05, 3.63) is 0 Å². The number of imide groups is 1. The molecule has 28 heavy (non-hydrogen) atoms. The summed E-state index contributed by atoms with van der Waals surface area (Å²) in [6, 6.07) is -0.768. The first-order valence-electron chi connectivity index (χ1n) is 8.81. The standard InChI is InChI=1S/C17H24F5NO5/c1-9(2)12-8-28-15(27)23(12)13(24)10(5-7-17(20,21)22)11(14(25)26)4-6-16(3,18)19/h9-12H,4-8H2,1-3H3,(H,25,26)/t10?,11?,12-/m1/s1. The largest absolute Gasteiger partial charge is 0.481 e. The molecule has 0 bridgehead atoms. The predicted molar refractivity (Wildman–Crippen MR) is 86.6 cm³/mol. The Bertz CT molecular complexity index is 587. The molecular weight excluding hydrogens is 393 g/mol. The fraction of sp³-hybridized carbons (Fsp3) is 0.824. The maximum absolute atomic E-state index is 13.2.